The van der Waals surface area contributed by atoms with Gasteiger partial charge in [0.15, 0.2) is 0 Å². The van der Waals surface area contributed by atoms with Gasteiger partial charge in [-0.1, -0.05) is 6.92 Å². The van der Waals surface area contributed by atoms with E-state index in [1.165, 1.54) is 12.3 Å². The minimum Gasteiger partial charge on any atom is -0.348 e. The molecule has 2 atom stereocenters. The first-order valence-electron chi connectivity index (χ1n) is 7.24. The van der Waals surface area contributed by atoms with E-state index in [-0.39, 0.29) is 22.9 Å². The highest BCUT2D eigenvalue weighted by Gasteiger charge is 2.26. The van der Waals surface area contributed by atoms with Crippen LogP contribution in [0, 0.1) is 5.92 Å². The normalized spacial score (nSPS) is 22.7. The van der Waals surface area contributed by atoms with E-state index in [1.807, 2.05) is 13.8 Å². The number of sulfonamides is 1. The van der Waals surface area contributed by atoms with E-state index < -0.39 is 10.0 Å². The second-order valence-electron chi connectivity index (χ2n) is 6.20. The first-order chi connectivity index (χ1) is 9.68. The van der Waals surface area contributed by atoms with Gasteiger partial charge in [0.2, 0.25) is 10.0 Å². The molecule has 0 bridgehead atoms. The fourth-order valence-electron chi connectivity index (χ4n) is 2.82. The number of nitrogens with two attached hydrogens (primary N) is 1. The van der Waals surface area contributed by atoms with Crippen LogP contribution in [0.3, 0.4) is 0 Å². The molecule has 118 valence electrons. The highest BCUT2D eigenvalue weighted by molar-refractivity contribution is 7.89. The van der Waals surface area contributed by atoms with Gasteiger partial charge in [-0.15, -0.1) is 0 Å². The number of nitrogens with one attached hydrogen (secondary N) is 1. The van der Waals surface area contributed by atoms with Crippen LogP contribution >= 0.6 is 0 Å². The average molecular weight is 313 g/mol. The summed E-state index contributed by atoms with van der Waals surface area (Å²) in [7, 11) is -3.81. The van der Waals surface area contributed by atoms with Crippen molar-refractivity contribution in [3.8, 4) is 0 Å². The van der Waals surface area contributed by atoms with Crippen molar-refractivity contribution in [2.24, 2.45) is 11.1 Å². The van der Waals surface area contributed by atoms with Crippen molar-refractivity contribution in [3.63, 3.8) is 0 Å². The van der Waals surface area contributed by atoms with Gasteiger partial charge in [0, 0.05) is 18.3 Å². The monoisotopic (exact) mass is 313 g/mol. The zero-order valence-corrected chi connectivity index (χ0v) is 13.5. The molecule has 2 rings (SSSR count). The Hall–Kier alpha value is -1.34. The van der Waals surface area contributed by atoms with E-state index in [0.29, 0.717) is 11.6 Å². The van der Waals surface area contributed by atoms with Crippen LogP contribution in [-0.2, 0) is 10.0 Å². The summed E-state index contributed by atoms with van der Waals surface area (Å²) < 4.78 is 24.6. The zero-order chi connectivity index (χ0) is 15.8. The molecule has 1 saturated carbocycles. The minimum atomic E-state index is -3.81. The van der Waals surface area contributed by atoms with Crippen LogP contribution in [0.5, 0.6) is 0 Å². The molecule has 1 aliphatic rings. The highest BCUT2D eigenvalue weighted by Crippen LogP contribution is 2.25. The van der Waals surface area contributed by atoms with Crippen molar-refractivity contribution in [1.29, 1.82) is 0 Å². The van der Waals surface area contributed by atoms with Crippen LogP contribution in [0.25, 0.3) is 0 Å². The summed E-state index contributed by atoms with van der Waals surface area (Å²) in [6.45, 7) is 5.95. The highest BCUT2D eigenvalue weighted by atomic mass is 32.2. The summed E-state index contributed by atoms with van der Waals surface area (Å²) in [5, 5.41) is 8.14. The standard InChI is InChI=1S/C14H23N3O3S/c1-9(2)17-8-12(21(15,19)20)7-13(17)14(18)16-11-5-4-10(3)6-11/h7-11H,4-6H2,1-3H3,(H,16,18)(H2,15,19,20). The Morgan fingerprint density at radius 3 is 2.57 bits per heavy atom. The SMILES string of the molecule is CC1CCC(NC(=O)c2cc(S(N)(=O)=O)cn2C(C)C)C1. The maximum absolute atomic E-state index is 12.4. The van der Waals surface area contributed by atoms with Gasteiger partial charge in [-0.25, -0.2) is 13.6 Å². The first-order valence-corrected chi connectivity index (χ1v) is 8.78. The molecule has 1 amide bonds. The summed E-state index contributed by atoms with van der Waals surface area (Å²) >= 11 is 0. The molecule has 1 fully saturated rings. The molecule has 0 spiro atoms. The molecule has 1 aliphatic carbocycles. The van der Waals surface area contributed by atoms with Gasteiger partial charge in [-0.05, 0) is 45.1 Å². The van der Waals surface area contributed by atoms with Crippen molar-refractivity contribution < 1.29 is 13.2 Å². The van der Waals surface area contributed by atoms with Crippen molar-refractivity contribution >= 4 is 15.9 Å². The second-order valence-corrected chi connectivity index (χ2v) is 7.76. The van der Waals surface area contributed by atoms with E-state index >= 15 is 0 Å². The molecule has 0 aliphatic heterocycles. The Morgan fingerprint density at radius 2 is 2.10 bits per heavy atom. The number of amides is 1. The van der Waals surface area contributed by atoms with Crippen LogP contribution < -0.4 is 10.5 Å². The van der Waals surface area contributed by atoms with Crippen molar-refractivity contribution in [1.82, 2.24) is 9.88 Å². The lowest BCUT2D eigenvalue weighted by Crippen LogP contribution is -2.34. The Labute approximate surface area is 125 Å². The molecule has 1 aromatic heterocycles. The van der Waals surface area contributed by atoms with E-state index in [4.69, 9.17) is 5.14 Å². The number of nitrogens with zero attached hydrogens (tertiary/aromatic N) is 1. The molecule has 1 aromatic rings. The Balaban J connectivity index is 2.25. The number of rotatable bonds is 4. The fourth-order valence-corrected chi connectivity index (χ4v) is 3.35. The second kappa shape index (κ2) is 5.81. The number of aromatic nitrogens is 1. The lowest BCUT2D eigenvalue weighted by atomic mass is 10.1. The van der Waals surface area contributed by atoms with Crippen LogP contribution in [0.2, 0.25) is 0 Å². The number of hydrogen-bond acceptors (Lipinski definition) is 3. The molecular formula is C14H23N3O3S. The Morgan fingerprint density at radius 1 is 1.43 bits per heavy atom. The minimum absolute atomic E-state index is 0.0243. The lowest BCUT2D eigenvalue weighted by Gasteiger charge is -2.16. The van der Waals surface area contributed by atoms with Crippen LogP contribution in [-0.4, -0.2) is 24.9 Å². The van der Waals surface area contributed by atoms with Crippen molar-refractivity contribution in [3.05, 3.63) is 18.0 Å². The van der Waals surface area contributed by atoms with Gasteiger partial charge in [0.1, 0.15) is 10.6 Å². The first kappa shape index (κ1) is 16.0. The number of primary sulfonamides is 1. The van der Waals surface area contributed by atoms with Crippen LogP contribution in [0.4, 0.5) is 0 Å². The molecule has 0 radical (unpaired) electrons. The van der Waals surface area contributed by atoms with Gasteiger partial charge in [-0.2, -0.15) is 0 Å². The molecule has 7 heteroatoms. The number of carbonyl (C=O) groups is 1. The molecule has 3 N–H and O–H groups in total. The molecule has 0 aromatic carbocycles. The molecular weight excluding hydrogens is 290 g/mol. The van der Waals surface area contributed by atoms with Gasteiger partial charge < -0.3 is 9.88 Å². The van der Waals surface area contributed by atoms with Crippen LogP contribution in [0.1, 0.15) is 56.6 Å². The third kappa shape index (κ3) is 3.65. The van der Waals surface area contributed by atoms with E-state index in [9.17, 15) is 13.2 Å². The number of hydrogen-bond donors (Lipinski definition) is 2. The smallest absolute Gasteiger partial charge is 0.268 e. The molecule has 6 nitrogen and oxygen atoms in total. The Bertz CT molecular complexity index is 634. The van der Waals surface area contributed by atoms with Gasteiger partial charge in [-0.3, -0.25) is 4.79 Å². The van der Waals surface area contributed by atoms with E-state index in [1.54, 1.807) is 4.57 Å². The largest absolute Gasteiger partial charge is 0.348 e. The maximum atomic E-state index is 12.4. The maximum Gasteiger partial charge on any atom is 0.268 e. The quantitative estimate of drug-likeness (QED) is 0.884. The molecule has 1 heterocycles. The molecule has 2 unspecified atom stereocenters. The molecule has 0 saturated heterocycles. The summed E-state index contributed by atoms with van der Waals surface area (Å²) in [4.78, 5) is 12.4. The van der Waals surface area contributed by atoms with Crippen molar-refractivity contribution in [2.45, 2.75) is 57.0 Å². The predicted octanol–water partition coefficient (Wildman–Crippen LogP) is 1.63. The van der Waals surface area contributed by atoms with Gasteiger partial charge in [0.25, 0.3) is 5.91 Å². The van der Waals surface area contributed by atoms with Gasteiger partial charge in [0.05, 0.1) is 0 Å². The third-order valence-corrected chi connectivity index (χ3v) is 4.85. The topological polar surface area (TPSA) is 94.2 Å². The average Bonchev–Trinajstić information content (AvgIpc) is 2.94. The fraction of sp³-hybridized carbons (Fsp3) is 0.643. The zero-order valence-electron chi connectivity index (χ0n) is 12.7. The lowest BCUT2D eigenvalue weighted by molar-refractivity contribution is 0.0926. The van der Waals surface area contributed by atoms with E-state index in [0.717, 1.165) is 19.3 Å². The molecule has 21 heavy (non-hydrogen) atoms. The summed E-state index contributed by atoms with van der Waals surface area (Å²) in [6, 6.07) is 1.49. The summed E-state index contributed by atoms with van der Waals surface area (Å²) in [5.74, 6) is 0.380. The summed E-state index contributed by atoms with van der Waals surface area (Å²) in [6.07, 6.45) is 4.47. The van der Waals surface area contributed by atoms with Crippen molar-refractivity contribution in [2.75, 3.05) is 0 Å². The predicted molar refractivity (Wildman–Crippen MR) is 80.5 cm³/mol. The third-order valence-electron chi connectivity index (χ3n) is 3.97. The summed E-state index contributed by atoms with van der Waals surface area (Å²) in [5.41, 5.74) is 0.341. The van der Waals surface area contributed by atoms with Gasteiger partial charge >= 0.3 is 0 Å². The van der Waals surface area contributed by atoms with Crippen LogP contribution in [0.15, 0.2) is 17.2 Å². The Kier molecular flexibility index (Phi) is 4.43. The number of carbonyl (C=O) groups excluding carboxylic acids is 1. The van der Waals surface area contributed by atoms with E-state index in [2.05, 4.69) is 12.2 Å².